The first-order valence-corrected chi connectivity index (χ1v) is 9.79. The maximum atomic E-state index is 12.9. The summed E-state index contributed by atoms with van der Waals surface area (Å²) in [6.45, 7) is 1.43. The van der Waals surface area contributed by atoms with Gasteiger partial charge in [-0.05, 0) is 31.0 Å². The van der Waals surface area contributed by atoms with Gasteiger partial charge in [0.15, 0.2) is 11.6 Å². The van der Waals surface area contributed by atoms with Gasteiger partial charge in [-0.1, -0.05) is 0 Å². The maximum absolute atomic E-state index is 12.9. The number of amides is 1. The van der Waals surface area contributed by atoms with Gasteiger partial charge in [0.05, 0.1) is 20.1 Å². The Morgan fingerprint density at radius 1 is 1.10 bits per heavy atom. The zero-order valence-electron chi connectivity index (χ0n) is 17.0. The zero-order valence-corrected chi connectivity index (χ0v) is 17.0. The lowest BCUT2D eigenvalue weighted by Crippen LogP contribution is -2.41. The third kappa shape index (κ3) is 4.35. The highest BCUT2D eigenvalue weighted by Crippen LogP contribution is 2.27. The Morgan fingerprint density at radius 3 is 2.47 bits per heavy atom. The summed E-state index contributed by atoms with van der Waals surface area (Å²) in [4.78, 5) is 15.0. The Bertz CT molecular complexity index is 968. The largest absolute Gasteiger partial charge is 0.497 e. The number of piperidine rings is 1. The van der Waals surface area contributed by atoms with Crippen molar-refractivity contribution in [3.05, 3.63) is 48.8 Å². The Hall–Kier alpha value is -3.62. The summed E-state index contributed by atoms with van der Waals surface area (Å²) < 4.78 is 12.2. The van der Waals surface area contributed by atoms with Crippen molar-refractivity contribution >= 4 is 17.4 Å². The molecule has 9 nitrogen and oxygen atoms in total. The van der Waals surface area contributed by atoms with Crippen molar-refractivity contribution in [1.29, 1.82) is 0 Å². The minimum absolute atomic E-state index is 0.0314. The van der Waals surface area contributed by atoms with E-state index in [9.17, 15) is 4.79 Å². The van der Waals surface area contributed by atoms with Crippen LogP contribution in [0.2, 0.25) is 0 Å². The number of nitrogens with zero attached hydrogens (tertiary/aromatic N) is 5. The van der Waals surface area contributed by atoms with Crippen LogP contribution in [-0.4, -0.2) is 53.2 Å². The molecule has 0 spiro atoms. The summed E-state index contributed by atoms with van der Waals surface area (Å²) in [6, 6.07) is 10.9. The number of rotatable bonds is 6. The summed E-state index contributed by atoms with van der Waals surface area (Å²) in [5.41, 5.74) is 0.650. The number of methoxy groups -OCH3 is 2. The van der Waals surface area contributed by atoms with E-state index in [-0.39, 0.29) is 11.8 Å². The van der Waals surface area contributed by atoms with Crippen molar-refractivity contribution in [2.24, 2.45) is 5.92 Å². The molecule has 1 fully saturated rings. The zero-order chi connectivity index (χ0) is 20.9. The molecule has 1 saturated heterocycles. The summed E-state index contributed by atoms with van der Waals surface area (Å²) in [5, 5.41) is 15.7. The Balaban J connectivity index is 1.43. The molecule has 1 unspecified atom stereocenters. The number of ether oxygens (including phenoxy) is 2. The second-order valence-corrected chi connectivity index (χ2v) is 7.08. The van der Waals surface area contributed by atoms with Gasteiger partial charge in [-0.2, -0.15) is 5.10 Å². The molecule has 0 aliphatic carbocycles. The highest BCUT2D eigenvalue weighted by molar-refractivity contribution is 5.93. The van der Waals surface area contributed by atoms with Gasteiger partial charge in [-0.15, -0.1) is 10.2 Å². The van der Waals surface area contributed by atoms with Crippen LogP contribution in [-0.2, 0) is 4.79 Å². The molecule has 0 bridgehead atoms. The van der Waals surface area contributed by atoms with Crippen LogP contribution < -0.4 is 19.7 Å². The summed E-state index contributed by atoms with van der Waals surface area (Å²) in [5.74, 6) is 2.48. The van der Waals surface area contributed by atoms with Crippen LogP contribution in [0.1, 0.15) is 12.8 Å². The van der Waals surface area contributed by atoms with E-state index in [1.165, 1.54) is 0 Å². The maximum Gasteiger partial charge on any atom is 0.229 e. The predicted molar refractivity (Wildman–Crippen MR) is 112 cm³/mol. The monoisotopic (exact) mass is 408 g/mol. The van der Waals surface area contributed by atoms with Gasteiger partial charge in [-0.25, -0.2) is 4.68 Å². The molecule has 4 rings (SSSR count). The number of carbonyl (C=O) groups excluding carboxylic acids is 1. The number of benzene rings is 1. The van der Waals surface area contributed by atoms with Crippen LogP contribution in [0, 0.1) is 5.92 Å². The predicted octanol–water partition coefficient (Wildman–Crippen LogP) is 2.53. The van der Waals surface area contributed by atoms with Crippen LogP contribution >= 0.6 is 0 Å². The van der Waals surface area contributed by atoms with Gasteiger partial charge >= 0.3 is 0 Å². The van der Waals surface area contributed by atoms with Crippen molar-refractivity contribution in [3.8, 4) is 17.3 Å². The number of aromatic nitrogens is 4. The third-order valence-electron chi connectivity index (χ3n) is 5.11. The van der Waals surface area contributed by atoms with Crippen molar-refractivity contribution in [1.82, 2.24) is 20.0 Å². The molecule has 1 amide bonds. The standard InChI is InChI=1S/C21H24N6O3/c1-29-17-11-16(12-18(13-17)30-2)23-21(28)15-5-3-9-26(14-15)19-6-7-20(25-24-19)27-10-4-8-22-27/h4,6-8,10-13,15H,3,5,9,14H2,1-2H3,(H,23,28). The highest BCUT2D eigenvalue weighted by atomic mass is 16.5. The van der Waals surface area contributed by atoms with Gasteiger partial charge < -0.3 is 19.7 Å². The molecule has 3 aromatic rings. The number of anilines is 2. The first-order valence-electron chi connectivity index (χ1n) is 9.79. The SMILES string of the molecule is COc1cc(NC(=O)C2CCCN(c3ccc(-n4cccn4)nn3)C2)cc(OC)c1. The lowest BCUT2D eigenvalue weighted by molar-refractivity contribution is -0.120. The van der Waals surface area contributed by atoms with E-state index >= 15 is 0 Å². The molecular weight excluding hydrogens is 384 g/mol. The van der Waals surface area contributed by atoms with Crippen LogP contribution in [0.3, 0.4) is 0 Å². The van der Waals surface area contributed by atoms with Crippen LogP contribution in [0.4, 0.5) is 11.5 Å². The summed E-state index contributed by atoms with van der Waals surface area (Å²) in [6.07, 6.45) is 5.24. The average Bonchev–Trinajstić information content (AvgIpc) is 3.34. The van der Waals surface area contributed by atoms with E-state index in [1.807, 2.05) is 24.4 Å². The minimum atomic E-state index is -0.150. The van der Waals surface area contributed by atoms with Gasteiger partial charge in [0, 0.05) is 49.4 Å². The molecule has 2 aromatic heterocycles. The number of nitrogens with one attached hydrogen (secondary N) is 1. The number of carbonyl (C=O) groups is 1. The highest BCUT2D eigenvalue weighted by Gasteiger charge is 2.27. The van der Waals surface area contributed by atoms with E-state index in [4.69, 9.17) is 9.47 Å². The molecule has 9 heteroatoms. The Kier molecular flexibility index (Phi) is 5.78. The lowest BCUT2D eigenvalue weighted by Gasteiger charge is -2.32. The average molecular weight is 408 g/mol. The van der Waals surface area contributed by atoms with E-state index in [1.54, 1.807) is 43.3 Å². The molecule has 3 heterocycles. The van der Waals surface area contributed by atoms with E-state index < -0.39 is 0 Å². The van der Waals surface area contributed by atoms with E-state index in [0.717, 1.165) is 25.2 Å². The molecule has 156 valence electrons. The molecule has 1 aliphatic rings. The van der Waals surface area contributed by atoms with Crippen LogP contribution in [0.5, 0.6) is 11.5 Å². The number of hydrogen-bond acceptors (Lipinski definition) is 7. The first kappa shape index (κ1) is 19.7. The van der Waals surface area contributed by atoms with Gasteiger partial charge in [-0.3, -0.25) is 4.79 Å². The molecular formula is C21H24N6O3. The Labute approximate surface area is 174 Å². The molecule has 1 atom stereocenters. The normalized spacial score (nSPS) is 16.2. The molecule has 0 radical (unpaired) electrons. The van der Waals surface area contributed by atoms with E-state index in [2.05, 4.69) is 25.5 Å². The van der Waals surface area contributed by atoms with Crippen molar-refractivity contribution in [3.63, 3.8) is 0 Å². The fourth-order valence-electron chi connectivity index (χ4n) is 3.54. The van der Waals surface area contributed by atoms with Crippen LogP contribution in [0.25, 0.3) is 5.82 Å². The minimum Gasteiger partial charge on any atom is -0.497 e. The smallest absolute Gasteiger partial charge is 0.229 e. The summed E-state index contributed by atoms with van der Waals surface area (Å²) in [7, 11) is 3.16. The third-order valence-corrected chi connectivity index (χ3v) is 5.11. The summed E-state index contributed by atoms with van der Waals surface area (Å²) >= 11 is 0. The second kappa shape index (κ2) is 8.81. The molecule has 1 N–H and O–H groups in total. The van der Waals surface area contributed by atoms with E-state index in [0.29, 0.717) is 29.5 Å². The first-order chi connectivity index (χ1) is 14.7. The number of hydrogen-bond donors (Lipinski definition) is 1. The van der Waals surface area contributed by atoms with Crippen molar-refractivity contribution in [2.45, 2.75) is 12.8 Å². The molecule has 30 heavy (non-hydrogen) atoms. The fourth-order valence-corrected chi connectivity index (χ4v) is 3.54. The second-order valence-electron chi connectivity index (χ2n) is 7.08. The van der Waals surface area contributed by atoms with Gasteiger partial charge in [0.1, 0.15) is 11.5 Å². The molecule has 0 saturated carbocycles. The van der Waals surface area contributed by atoms with Gasteiger partial charge in [0.2, 0.25) is 5.91 Å². The quantitative estimate of drug-likeness (QED) is 0.670. The van der Waals surface area contributed by atoms with Crippen molar-refractivity contribution in [2.75, 3.05) is 37.5 Å². The Morgan fingerprint density at radius 2 is 1.83 bits per heavy atom. The lowest BCUT2D eigenvalue weighted by atomic mass is 9.97. The van der Waals surface area contributed by atoms with Crippen molar-refractivity contribution < 1.29 is 14.3 Å². The topological polar surface area (TPSA) is 94.4 Å². The van der Waals surface area contributed by atoms with Crippen LogP contribution in [0.15, 0.2) is 48.8 Å². The van der Waals surface area contributed by atoms with Gasteiger partial charge in [0.25, 0.3) is 0 Å². The fraction of sp³-hybridized carbons (Fsp3) is 0.333. The molecule has 1 aliphatic heterocycles. The molecule has 1 aromatic carbocycles.